The smallest absolute Gasteiger partial charge is 0.227 e. The van der Waals surface area contributed by atoms with Crippen LogP contribution in [0.5, 0.6) is 0 Å². The zero-order valence-corrected chi connectivity index (χ0v) is 17.3. The Kier molecular flexibility index (Phi) is 5.61. The number of nitrogens with zero attached hydrogens (tertiary/aromatic N) is 3. The molecule has 1 amide bonds. The summed E-state index contributed by atoms with van der Waals surface area (Å²) in [6.45, 7) is 6.21. The fourth-order valence-corrected chi connectivity index (χ4v) is 3.27. The molecule has 0 spiro atoms. The summed E-state index contributed by atoms with van der Waals surface area (Å²) < 4.78 is 5.32. The Hall–Kier alpha value is -3.48. The van der Waals surface area contributed by atoms with E-state index in [1.54, 1.807) is 0 Å². The third-order valence-corrected chi connectivity index (χ3v) is 5.06. The van der Waals surface area contributed by atoms with Gasteiger partial charge >= 0.3 is 0 Å². The minimum atomic E-state index is -0.220. The van der Waals surface area contributed by atoms with Gasteiger partial charge in [-0.25, -0.2) is 4.98 Å². The van der Waals surface area contributed by atoms with E-state index in [9.17, 15) is 4.79 Å². The second kappa shape index (κ2) is 8.49. The van der Waals surface area contributed by atoms with Gasteiger partial charge in [-0.05, 0) is 30.5 Å². The maximum atomic E-state index is 12.4. The molecule has 1 atom stereocenters. The first-order valence-electron chi connectivity index (χ1n) is 10.2. The number of hydrogen-bond acceptors (Lipinski definition) is 5. The van der Waals surface area contributed by atoms with Crippen molar-refractivity contribution in [3.05, 3.63) is 65.8 Å². The van der Waals surface area contributed by atoms with Crippen molar-refractivity contribution in [2.45, 2.75) is 45.6 Å². The normalized spacial score (nSPS) is 12.4. The molecule has 2 heterocycles. The first-order valence-corrected chi connectivity index (χ1v) is 10.2. The van der Waals surface area contributed by atoms with Crippen molar-refractivity contribution in [2.24, 2.45) is 0 Å². The van der Waals surface area contributed by atoms with Crippen molar-refractivity contribution >= 4 is 16.9 Å². The lowest BCUT2D eigenvalue weighted by Gasteiger charge is -2.10. The molecule has 0 radical (unpaired) electrons. The average molecular weight is 403 g/mol. The van der Waals surface area contributed by atoms with E-state index >= 15 is 0 Å². The van der Waals surface area contributed by atoms with E-state index in [0.717, 1.165) is 22.4 Å². The molecular weight excluding hydrogens is 378 g/mol. The van der Waals surface area contributed by atoms with E-state index < -0.39 is 0 Å². The van der Waals surface area contributed by atoms with Crippen molar-refractivity contribution in [2.75, 3.05) is 0 Å². The molecule has 7 nitrogen and oxygen atoms in total. The van der Waals surface area contributed by atoms with Gasteiger partial charge in [0.1, 0.15) is 5.82 Å². The molecule has 4 aromatic rings. The van der Waals surface area contributed by atoms with Crippen LogP contribution in [-0.4, -0.2) is 26.0 Å². The van der Waals surface area contributed by atoms with Crippen LogP contribution in [0.2, 0.25) is 0 Å². The molecule has 0 saturated carbocycles. The number of benzene rings is 2. The number of nitrogens with one attached hydrogen (secondary N) is 2. The Balaban J connectivity index is 1.32. The number of rotatable bonds is 7. The first-order chi connectivity index (χ1) is 14.5. The van der Waals surface area contributed by atoms with Gasteiger partial charge < -0.3 is 14.8 Å². The molecule has 0 bridgehead atoms. The first kappa shape index (κ1) is 19.8. The Morgan fingerprint density at radius 3 is 2.57 bits per heavy atom. The molecule has 4 rings (SSSR count). The molecule has 0 aliphatic carbocycles. The van der Waals surface area contributed by atoms with Gasteiger partial charge in [0.15, 0.2) is 0 Å². The zero-order valence-electron chi connectivity index (χ0n) is 17.3. The summed E-state index contributed by atoms with van der Waals surface area (Å²) in [5, 5.41) is 7.00. The zero-order chi connectivity index (χ0) is 21.1. The van der Waals surface area contributed by atoms with Gasteiger partial charge in [-0.2, -0.15) is 4.98 Å². The third-order valence-electron chi connectivity index (χ3n) is 5.06. The van der Waals surface area contributed by atoms with Crippen LogP contribution in [0, 0.1) is 0 Å². The second-order valence-corrected chi connectivity index (χ2v) is 7.72. The maximum Gasteiger partial charge on any atom is 0.227 e. The Morgan fingerprint density at radius 2 is 1.83 bits per heavy atom. The molecule has 7 heteroatoms. The molecular formula is C23H25N5O2. The van der Waals surface area contributed by atoms with Gasteiger partial charge in [0.2, 0.25) is 17.6 Å². The number of hydrogen-bond donors (Lipinski definition) is 2. The minimum Gasteiger partial charge on any atom is -0.346 e. The molecule has 0 saturated heterocycles. The highest BCUT2D eigenvalue weighted by Crippen LogP contribution is 2.21. The second-order valence-electron chi connectivity index (χ2n) is 7.72. The van der Waals surface area contributed by atoms with Crippen LogP contribution in [0.1, 0.15) is 56.4 Å². The van der Waals surface area contributed by atoms with E-state index in [4.69, 9.17) is 4.52 Å². The van der Waals surface area contributed by atoms with Gasteiger partial charge in [0.25, 0.3) is 0 Å². The highest BCUT2D eigenvalue weighted by molar-refractivity contribution is 5.77. The number of para-hydroxylation sites is 2. The lowest BCUT2D eigenvalue weighted by Crippen LogP contribution is -2.27. The predicted octanol–water partition coefficient (Wildman–Crippen LogP) is 4.55. The Labute approximate surface area is 174 Å². The lowest BCUT2D eigenvalue weighted by atomic mass is 10.0. The van der Waals surface area contributed by atoms with Crippen molar-refractivity contribution in [1.82, 2.24) is 25.4 Å². The largest absolute Gasteiger partial charge is 0.346 e. The highest BCUT2D eigenvalue weighted by atomic mass is 16.5. The summed E-state index contributed by atoms with van der Waals surface area (Å²) >= 11 is 0. The number of amides is 1. The van der Waals surface area contributed by atoms with E-state index in [2.05, 4.69) is 51.4 Å². The van der Waals surface area contributed by atoms with E-state index in [-0.39, 0.29) is 18.4 Å². The number of aromatic nitrogens is 4. The highest BCUT2D eigenvalue weighted by Gasteiger charge is 2.15. The number of carbonyl (C=O) groups is 1. The standard InChI is InChI=1S/C23H25N5O2/c1-14(2)16-8-10-17(11-9-16)23-27-21(30-28-23)13-12-20(29)24-15(3)22-25-18-6-4-5-7-19(18)26-22/h4-11,14-15H,12-13H2,1-3H3,(H,24,29)(H,25,26). The van der Waals surface area contributed by atoms with Crippen LogP contribution < -0.4 is 5.32 Å². The van der Waals surface area contributed by atoms with E-state index in [1.165, 1.54) is 5.56 Å². The number of fused-ring (bicyclic) bond motifs is 1. The summed E-state index contributed by atoms with van der Waals surface area (Å²) in [6, 6.07) is 15.7. The number of aromatic amines is 1. The third kappa shape index (κ3) is 4.40. The molecule has 2 N–H and O–H groups in total. The molecule has 154 valence electrons. The van der Waals surface area contributed by atoms with E-state index in [0.29, 0.717) is 24.1 Å². The van der Waals surface area contributed by atoms with Gasteiger partial charge in [-0.1, -0.05) is 55.4 Å². The topological polar surface area (TPSA) is 96.7 Å². The summed E-state index contributed by atoms with van der Waals surface area (Å²) in [5.41, 5.74) is 4.00. The molecule has 1 unspecified atom stereocenters. The maximum absolute atomic E-state index is 12.4. The number of imidazole rings is 1. The van der Waals surface area contributed by atoms with Gasteiger partial charge in [0, 0.05) is 18.4 Å². The predicted molar refractivity (Wildman–Crippen MR) is 115 cm³/mol. The van der Waals surface area contributed by atoms with Crippen LogP contribution in [0.25, 0.3) is 22.4 Å². The van der Waals surface area contributed by atoms with Crippen LogP contribution in [0.15, 0.2) is 53.1 Å². The fourth-order valence-electron chi connectivity index (χ4n) is 3.27. The van der Waals surface area contributed by atoms with Crippen LogP contribution in [-0.2, 0) is 11.2 Å². The lowest BCUT2D eigenvalue weighted by molar-refractivity contribution is -0.121. The number of H-pyrrole nitrogens is 1. The minimum absolute atomic E-state index is 0.0935. The molecule has 2 aromatic heterocycles. The Bertz CT molecular complexity index is 1110. The van der Waals surface area contributed by atoms with Crippen molar-refractivity contribution < 1.29 is 9.32 Å². The number of carbonyl (C=O) groups excluding carboxylic acids is 1. The van der Waals surface area contributed by atoms with Gasteiger partial charge in [-0.15, -0.1) is 0 Å². The summed E-state index contributed by atoms with van der Waals surface area (Å²) in [4.78, 5) is 24.5. The average Bonchev–Trinajstić information content (AvgIpc) is 3.39. The molecule has 0 fully saturated rings. The summed E-state index contributed by atoms with van der Waals surface area (Å²) in [5.74, 6) is 2.10. The van der Waals surface area contributed by atoms with Gasteiger partial charge in [0.05, 0.1) is 17.1 Å². The molecule has 2 aromatic carbocycles. The molecule has 0 aliphatic heterocycles. The van der Waals surface area contributed by atoms with Crippen LogP contribution in [0.4, 0.5) is 0 Å². The number of aryl methyl sites for hydroxylation is 1. The van der Waals surface area contributed by atoms with Crippen molar-refractivity contribution in [1.29, 1.82) is 0 Å². The SMILES string of the molecule is CC(C)c1ccc(-c2noc(CCC(=O)NC(C)c3nc4ccccc4[nH]3)n2)cc1. The van der Waals surface area contributed by atoms with Crippen LogP contribution in [0.3, 0.4) is 0 Å². The van der Waals surface area contributed by atoms with Crippen LogP contribution >= 0.6 is 0 Å². The summed E-state index contributed by atoms with van der Waals surface area (Å²) in [6.07, 6.45) is 0.647. The van der Waals surface area contributed by atoms with Gasteiger partial charge in [-0.3, -0.25) is 4.79 Å². The molecule has 30 heavy (non-hydrogen) atoms. The van der Waals surface area contributed by atoms with Crippen molar-refractivity contribution in [3.8, 4) is 11.4 Å². The quantitative estimate of drug-likeness (QED) is 0.472. The van der Waals surface area contributed by atoms with E-state index in [1.807, 2.05) is 43.3 Å². The molecule has 0 aliphatic rings. The van der Waals surface area contributed by atoms with Crippen molar-refractivity contribution in [3.63, 3.8) is 0 Å². The Morgan fingerprint density at radius 1 is 1.07 bits per heavy atom. The fraction of sp³-hybridized carbons (Fsp3) is 0.304. The monoisotopic (exact) mass is 403 g/mol. The summed E-state index contributed by atoms with van der Waals surface area (Å²) in [7, 11) is 0.